The fraction of sp³-hybridized carbons (Fsp3) is 0.500. The molecule has 1 amide bonds. The number of fused-ring (bicyclic) bond motifs is 1. The zero-order valence-corrected chi connectivity index (χ0v) is 14.4. The molecule has 2 aliphatic heterocycles. The summed E-state index contributed by atoms with van der Waals surface area (Å²) in [4.78, 5) is 26.2. The number of methoxy groups -OCH3 is 1. The van der Waals surface area contributed by atoms with Crippen molar-refractivity contribution < 1.29 is 19.1 Å². The van der Waals surface area contributed by atoms with Gasteiger partial charge in [0.2, 0.25) is 5.91 Å². The molecule has 2 heterocycles. The van der Waals surface area contributed by atoms with Crippen molar-refractivity contribution in [3.05, 3.63) is 28.8 Å². The number of halogens is 1. The summed E-state index contributed by atoms with van der Waals surface area (Å²) >= 11 is 7.55. The summed E-state index contributed by atoms with van der Waals surface area (Å²) in [5, 5.41) is 0.338. The van der Waals surface area contributed by atoms with Crippen molar-refractivity contribution >= 4 is 35.2 Å². The molecule has 0 radical (unpaired) electrons. The molecular weight excluding hydrogens is 338 g/mol. The number of benzene rings is 1. The van der Waals surface area contributed by atoms with Crippen molar-refractivity contribution in [2.75, 3.05) is 32.6 Å². The summed E-state index contributed by atoms with van der Waals surface area (Å²) in [7, 11) is 1.37. The normalized spacial score (nSPS) is 23.7. The summed E-state index contributed by atoms with van der Waals surface area (Å²) in [6, 6.07) is 5.47. The lowest BCUT2D eigenvalue weighted by Gasteiger charge is -2.34. The van der Waals surface area contributed by atoms with Gasteiger partial charge in [0.05, 0.1) is 13.0 Å². The first kappa shape index (κ1) is 16.5. The molecule has 1 fully saturated rings. The second-order valence-corrected chi connectivity index (χ2v) is 7.38. The molecule has 0 saturated carbocycles. The van der Waals surface area contributed by atoms with Crippen LogP contribution < -0.4 is 4.74 Å². The Labute approximate surface area is 144 Å². The summed E-state index contributed by atoms with van der Waals surface area (Å²) < 4.78 is 10.5. The second kappa shape index (κ2) is 7.01. The van der Waals surface area contributed by atoms with Gasteiger partial charge in [0.1, 0.15) is 17.6 Å². The van der Waals surface area contributed by atoms with E-state index in [0.717, 1.165) is 17.1 Å². The molecule has 0 aromatic heterocycles. The van der Waals surface area contributed by atoms with Crippen LogP contribution in [0.2, 0.25) is 5.02 Å². The SMILES string of the molecule is COC(=O)[C@H]1CN(C(=O)[C@@H]2COc3ccc(Cl)cc3C2)CCS1. The van der Waals surface area contributed by atoms with Crippen LogP contribution >= 0.6 is 23.4 Å². The third-order valence-electron chi connectivity index (χ3n) is 4.12. The highest BCUT2D eigenvalue weighted by atomic mass is 35.5. The van der Waals surface area contributed by atoms with Gasteiger partial charge in [-0.25, -0.2) is 0 Å². The standard InChI is InChI=1S/C16H18ClNO4S/c1-21-16(20)14-8-18(4-5-23-14)15(19)11-6-10-7-12(17)2-3-13(10)22-9-11/h2-3,7,11,14H,4-6,8-9H2,1H3/t11-,14+/m0/s1. The highest BCUT2D eigenvalue weighted by Gasteiger charge is 2.34. The van der Waals surface area contributed by atoms with E-state index < -0.39 is 0 Å². The average Bonchev–Trinajstić information content (AvgIpc) is 2.59. The molecule has 0 bridgehead atoms. The minimum Gasteiger partial charge on any atom is -0.492 e. The van der Waals surface area contributed by atoms with E-state index in [2.05, 4.69) is 0 Å². The Hall–Kier alpha value is -1.40. The van der Waals surface area contributed by atoms with E-state index in [1.165, 1.54) is 18.9 Å². The van der Waals surface area contributed by atoms with E-state index in [1.54, 1.807) is 11.0 Å². The molecule has 1 saturated heterocycles. The Morgan fingerprint density at radius 2 is 2.26 bits per heavy atom. The first-order chi connectivity index (χ1) is 11.1. The Morgan fingerprint density at radius 1 is 1.43 bits per heavy atom. The fourth-order valence-electron chi connectivity index (χ4n) is 2.90. The molecule has 2 atom stereocenters. The predicted octanol–water partition coefficient (Wildman–Crippen LogP) is 2.01. The van der Waals surface area contributed by atoms with Gasteiger partial charge in [0, 0.05) is 23.9 Å². The minimum atomic E-state index is -0.302. The van der Waals surface area contributed by atoms with Crippen LogP contribution in [-0.2, 0) is 20.7 Å². The summed E-state index contributed by atoms with van der Waals surface area (Å²) in [6.07, 6.45) is 0.612. The van der Waals surface area contributed by atoms with Crippen molar-refractivity contribution in [1.29, 1.82) is 0 Å². The van der Waals surface area contributed by atoms with Crippen LogP contribution in [0.1, 0.15) is 5.56 Å². The highest BCUT2D eigenvalue weighted by Crippen LogP contribution is 2.31. The molecule has 7 heteroatoms. The van der Waals surface area contributed by atoms with E-state index in [9.17, 15) is 9.59 Å². The minimum absolute atomic E-state index is 0.0322. The fourth-order valence-corrected chi connectivity index (χ4v) is 4.23. The molecule has 0 N–H and O–H groups in total. The van der Waals surface area contributed by atoms with Gasteiger partial charge in [-0.05, 0) is 30.2 Å². The second-order valence-electron chi connectivity index (χ2n) is 5.63. The van der Waals surface area contributed by atoms with Gasteiger partial charge in [-0.3, -0.25) is 9.59 Å². The van der Waals surface area contributed by atoms with E-state index in [0.29, 0.717) is 31.1 Å². The maximum Gasteiger partial charge on any atom is 0.320 e. The number of carbonyl (C=O) groups is 2. The van der Waals surface area contributed by atoms with Crippen LogP contribution in [0, 0.1) is 5.92 Å². The molecule has 5 nitrogen and oxygen atoms in total. The van der Waals surface area contributed by atoms with Gasteiger partial charge in [0.15, 0.2) is 0 Å². The van der Waals surface area contributed by atoms with E-state index in [-0.39, 0.29) is 23.0 Å². The van der Waals surface area contributed by atoms with Gasteiger partial charge in [0.25, 0.3) is 0 Å². The Kier molecular flexibility index (Phi) is 5.02. The lowest BCUT2D eigenvalue weighted by molar-refractivity contribution is -0.142. The number of amides is 1. The van der Waals surface area contributed by atoms with Crippen molar-refractivity contribution in [3.8, 4) is 5.75 Å². The number of nitrogens with zero attached hydrogens (tertiary/aromatic N) is 1. The zero-order chi connectivity index (χ0) is 16.4. The number of thioether (sulfide) groups is 1. The maximum atomic E-state index is 12.8. The topological polar surface area (TPSA) is 55.8 Å². The number of carbonyl (C=O) groups excluding carboxylic acids is 2. The molecule has 3 rings (SSSR count). The monoisotopic (exact) mass is 355 g/mol. The smallest absolute Gasteiger partial charge is 0.320 e. The van der Waals surface area contributed by atoms with Crippen molar-refractivity contribution in [2.45, 2.75) is 11.7 Å². The van der Waals surface area contributed by atoms with Crippen LogP contribution in [-0.4, -0.2) is 54.6 Å². The Bertz CT molecular complexity index is 624. The molecule has 0 spiro atoms. The summed E-state index contributed by atoms with van der Waals surface area (Å²) in [5.74, 6) is 1.05. The number of hydrogen-bond donors (Lipinski definition) is 0. The lowest BCUT2D eigenvalue weighted by atomic mass is 9.95. The third kappa shape index (κ3) is 3.58. The predicted molar refractivity (Wildman–Crippen MR) is 89.0 cm³/mol. The molecule has 1 aromatic carbocycles. The van der Waals surface area contributed by atoms with Gasteiger partial charge >= 0.3 is 5.97 Å². The third-order valence-corrected chi connectivity index (χ3v) is 5.52. The van der Waals surface area contributed by atoms with Gasteiger partial charge < -0.3 is 14.4 Å². The molecule has 124 valence electrons. The number of esters is 1. The number of hydrogen-bond acceptors (Lipinski definition) is 5. The summed E-state index contributed by atoms with van der Waals surface area (Å²) in [6.45, 7) is 1.41. The van der Waals surface area contributed by atoms with Crippen LogP contribution in [0.4, 0.5) is 0 Å². The lowest BCUT2D eigenvalue weighted by Crippen LogP contribution is -2.48. The molecule has 0 aliphatic carbocycles. The van der Waals surface area contributed by atoms with E-state index in [4.69, 9.17) is 21.1 Å². The first-order valence-corrected chi connectivity index (χ1v) is 8.90. The highest BCUT2D eigenvalue weighted by molar-refractivity contribution is 8.00. The Morgan fingerprint density at radius 3 is 3.04 bits per heavy atom. The van der Waals surface area contributed by atoms with E-state index >= 15 is 0 Å². The quantitative estimate of drug-likeness (QED) is 0.759. The first-order valence-electron chi connectivity index (χ1n) is 7.48. The zero-order valence-electron chi connectivity index (χ0n) is 12.8. The van der Waals surface area contributed by atoms with Crippen LogP contribution in [0.5, 0.6) is 5.75 Å². The van der Waals surface area contributed by atoms with Crippen molar-refractivity contribution in [3.63, 3.8) is 0 Å². The van der Waals surface area contributed by atoms with Crippen LogP contribution in [0.15, 0.2) is 18.2 Å². The molecule has 23 heavy (non-hydrogen) atoms. The number of ether oxygens (including phenoxy) is 2. The van der Waals surface area contributed by atoms with E-state index in [1.807, 2.05) is 12.1 Å². The average molecular weight is 356 g/mol. The maximum absolute atomic E-state index is 12.8. The largest absolute Gasteiger partial charge is 0.492 e. The molecular formula is C16H18ClNO4S. The van der Waals surface area contributed by atoms with Crippen LogP contribution in [0.3, 0.4) is 0 Å². The molecule has 2 aliphatic rings. The van der Waals surface area contributed by atoms with Gasteiger partial charge in [-0.1, -0.05) is 11.6 Å². The van der Waals surface area contributed by atoms with Crippen molar-refractivity contribution in [2.24, 2.45) is 5.92 Å². The van der Waals surface area contributed by atoms with Crippen molar-refractivity contribution in [1.82, 2.24) is 4.90 Å². The molecule has 0 unspecified atom stereocenters. The summed E-state index contributed by atoms with van der Waals surface area (Å²) in [5.41, 5.74) is 0.956. The number of rotatable bonds is 2. The van der Waals surface area contributed by atoms with Crippen LogP contribution in [0.25, 0.3) is 0 Å². The molecule has 1 aromatic rings. The Balaban J connectivity index is 1.68. The van der Waals surface area contributed by atoms with Gasteiger partial charge in [-0.2, -0.15) is 0 Å². The van der Waals surface area contributed by atoms with Gasteiger partial charge in [-0.15, -0.1) is 11.8 Å².